The predicted molar refractivity (Wildman–Crippen MR) is 90.0 cm³/mol. The van der Waals surface area contributed by atoms with Crippen molar-refractivity contribution in [3.63, 3.8) is 0 Å². The Morgan fingerprint density at radius 1 is 1.15 bits per heavy atom. The Bertz CT molecular complexity index is 531. The SMILES string of the molecule is CCCCNc1nc(-c2sc(CCC)nc2CC)cs1. The molecule has 5 heteroatoms. The topological polar surface area (TPSA) is 37.8 Å². The Hall–Kier alpha value is -0.940. The van der Waals surface area contributed by atoms with Crippen LogP contribution in [0, 0.1) is 0 Å². The molecule has 110 valence electrons. The average Bonchev–Trinajstić information content (AvgIpc) is 3.06. The number of hydrogen-bond acceptors (Lipinski definition) is 5. The number of aromatic nitrogens is 2. The van der Waals surface area contributed by atoms with E-state index in [4.69, 9.17) is 9.97 Å². The minimum Gasteiger partial charge on any atom is -0.362 e. The van der Waals surface area contributed by atoms with Crippen molar-refractivity contribution in [1.82, 2.24) is 9.97 Å². The number of anilines is 1. The summed E-state index contributed by atoms with van der Waals surface area (Å²) in [5.41, 5.74) is 2.29. The maximum absolute atomic E-state index is 4.74. The van der Waals surface area contributed by atoms with Crippen LogP contribution in [0.3, 0.4) is 0 Å². The molecule has 2 heterocycles. The van der Waals surface area contributed by atoms with Crippen LogP contribution in [0.15, 0.2) is 5.38 Å². The summed E-state index contributed by atoms with van der Waals surface area (Å²) in [6.45, 7) is 7.58. The minimum atomic E-state index is 0.978. The molecule has 0 bridgehead atoms. The van der Waals surface area contributed by atoms with Gasteiger partial charge in [0.05, 0.1) is 21.3 Å². The first-order valence-electron chi connectivity index (χ1n) is 7.46. The first kappa shape index (κ1) is 15.4. The number of unbranched alkanes of at least 4 members (excludes halogenated alkanes) is 1. The lowest BCUT2D eigenvalue weighted by Crippen LogP contribution is -1.99. The van der Waals surface area contributed by atoms with Gasteiger partial charge in [0.15, 0.2) is 5.13 Å². The summed E-state index contributed by atoms with van der Waals surface area (Å²) in [6.07, 6.45) is 5.60. The summed E-state index contributed by atoms with van der Waals surface area (Å²) in [5, 5.41) is 7.82. The smallest absolute Gasteiger partial charge is 0.183 e. The van der Waals surface area contributed by atoms with Gasteiger partial charge in [-0.3, -0.25) is 0 Å². The molecule has 1 N–H and O–H groups in total. The molecular formula is C15H23N3S2. The zero-order valence-corrected chi connectivity index (χ0v) is 14.2. The molecule has 3 nitrogen and oxygen atoms in total. The van der Waals surface area contributed by atoms with Gasteiger partial charge in [-0.15, -0.1) is 22.7 Å². The van der Waals surface area contributed by atoms with E-state index in [0.717, 1.165) is 36.6 Å². The van der Waals surface area contributed by atoms with Crippen LogP contribution in [-0.4, -0.2) is 16.5 Å². The highest BCUT2D eigenvalue weighted by Crippen LogP contribution is 2.33. The monoisotopic (exact) mass is 309 g/mol. The molecule has 0 unspecified atom stereocenters. The van der Waals surface area contributed by atoms with Crippen LogP contribution in [0.2, 0.25) is 0 Å². The summed E-state index contributed by atoms with van der Waals surface area (Å²) in [6, 6.07) is 0. The third kappa shape index (κ3) is 3.79. The zero-order valence-electron chi connectivity index (χ0n) is 12.5. The van der Waals surface area contributed by atoms with Crippen molar-refractivity contribution in [2.45, 2.75) is 52.9 Å². The van der Waals surface area contributed by atoms with E-state index < -0.39 is 0 Å². The molecule has 0 saturated heterocycles. The van der Waals surface area contributed by atoms with Gasteiger partial charge in [0.25, 0.3) is 0 Å². The summed E-state index contributed by atoms with van der Waals surface area (Å²) in [7, 11) is 0. The molecule has 0 aromatic carbocycles. The van der Waals surface area contributed by atoms with Crippen LogP contribution in [0.5, 0.6) is 0 Å². The van der Waals surface area contributed by atoms with Gasteiger partial charge in [-0.1, -0.05) is 27.2 Å². The molecule has 2 rings (SSSR count). The molecule has 0 fully saturated rings. The Balaban J connectivity index is 2.14. The van der Waals surface area contributed by atoms with Crippen molar-refractivity contribution in [3.05, 3.63) is 16.1 Å². The van der Waals surface area contributed by atoms with Crippen LogP contribution in [0.4, 0.5) is 5.13 Å². The lowest BCUT2D eigenvalue weighted by molar-refractivity contribution is 0.833. The fourth-order valence-electron chi connectivity index (χ4n) is 1.99. The first-order chi connectivity index (χ1) is 9.78. The van der Waals surface area contributed by atoms with Gasteiger partial charge in [0.1, 0.15) is 0 Å². The average molecular weight is 310 g/mol. The normalized spacial score (nSPS) is 10.9. The number of aryl methyl sites for hydroxylation is 2. The summed E-state index contributed by atoms with van der Waals surface area (Å²) in [5.74, 6) is 0. The molecule has 0 amide bonds. The molecule has 0 aliphatic carbocycles. The summed E-state index contributed by atoms with van der Waals surface area (Å²) >= 11 is 3.50. The highest BCUT2D eigenvalue weighted by atomic mass is 32.1. The van der Waals surface area contributed by atoms with Crippen molar-refractivity contribution in [3.8, 4) is 10.6 Å². The third-order valence-corrected chi connectivity index (χ3v) is 5.06. The minimum absolute atomic E-state index is 0.978. The van der Waals surface area contributed by atoms with E-state index in [1.165, 1.54) is 28.4 Å². The second-order valence-electron chi connectivity index (χ2n) is 4.81. The van der Waals surface area contributed by atoms with Crippen molar-refractivity contribution in [1.29, 1.82) is 0 Å². The fourth-order valence-corrected chi connectivity index (χ4v) is 4.01. The first-order valence-corrected chi connectivity index (χ1v) is 9.16. The number of rotatable bonds is 8. The molecule has 20 heavy (non-hydrogen) atoms. The Kier molecular flexibility index (Phi) is 5.98. The van der Waals surface area contributed by atoms with Crippen molar-refractivity contribution in [2.75, 3.05) is 11.9 Å². The number of thiazole rings is 2. The lowest BCUT2D eigenvalue weighted by atomic mass is 10.2. The molecule has 2 aromatic rings. The second-order valence-corrected chi connectivity index (χ2v) is 6.75. The molecular weight excluding hydrogens is 286 g/mol. The molecule has 0 radical (unpaired) electrons. The quantitative estimate of drug-likeness (QED) is 0.698. The maximum Gasteiger partial charge on any atom is 0.183 e. The molecule has 0 aliphatic heterocycles. The summed E-state index contributed by atoms with van der Waals surface area (Å²) in [4.78, 5) is 10.7. The zero-order chi connectivity index (χ0) is 14.4. The Morgan fingerprint density at radius 2 is 2.00 bits per heavy atom. The van der Waals surface area contributed by atoms with Gasteiger partial charge in [-0.2, -0.15) is 0 Å². The van der Waals surface area contributed by atoms with E-state index in [0.29, 0.717) is 0 Å². The predicted octanol–water partition coefficient (Wildman–Crippen LogP) is 4.99. The molecule has 2 aromatic heterocycles. The van der Waals surface area contributed by atoms with E-state index >= 15 is 0 Å². The Morgan fingerprint density at radius 3 is 2.70 bits per heavy atom. The van der Waals surface area contributed by atoms with Gasteiger partial charge in [-0.05, 0) is 25.7 Å². The fraction of sp³-hybridized carbons (Fsp3) is 0.600. The van der Waals surface area contributed by atoms with Gasteiger partial charge in [0.2, 0.25) is 0 Å². The van der Waals surface area contributed by atoms with Crippen molar-refractivity contribution >= 4 is 27.8 Å². The standard InChI is InChI=1S/C15H23N3S2/c1-4-7-9-16-15-18-12(10-19-15)14-11(6-3)17-13(20-14)8-5-2/h10H,4-9H2,1-3H3,(H,16,18). The van der Waals surface area contributed by atoms with E-state index in [2.05, 4.69) is 31.5 Å². The van der Waals surface area contributed by atoms with Crippen molar-refractivity contribution in [2.24, 2.45) is 0 Å². The number of nitrogens with zero attached hydrogens (tertiary/aromatic N) is 2. The van der Waals surface area contributed by atoms with E-state index in [-0.39, 0.29) is 0 Å². The molecule has 0 atom stereocenters. The van der Waals surface area contributed by atoms with Crippen molar-refractivity contribution < 1.29 is 0 Å². The van der Waals surface area contributed by atoms with Crippen LogP contribution in [0.25, 0.3) is 10.6 Å². The van der Waals surface area contributed by atoms with E-state index in [1.54, 1.807) is 11.3 Å². The highest BCUT2D eigenvalue weighted by Gasteiger charge is 2.14. The van der Waals surface area contributed by atoms with Crippen LogP contribution >= 0.6 is 22.7 Å². The van der Waals surface area contributed by atoms with Crippen LogP contribution < -0.4 is 5.32 Å². The third-order valence-electron chi connectivity index (χ3n) is 3.08. The highest BCUT2D eigenvalue weighted by molar-refractivity contribution is 7.16. The largest absolute Gasteiger partial charge is 0.362 e. The molecule has 0 spiro atoms. The second kappa shape index (κ2) is 7.74. The molecule has 0 saturated carbocycles. The van der Waals surface area contributed by atoms with Gasteiger partial charge in [-0.25, -0.2) is 9.97 Å². The Labute approximate surface area is 129 Å². The number of nitrogens with one attached hydrogen (secondary N) is 1. The summed E-state index contributed by atoms with van der Waals surface area (Å²) < 4.78 is 0. The van der Waals surface area contributed by atoms with E-state index in [1.807, 2.05) is 11.3 Å². The van der Waals surface area contributed by atoms with Crippen LogP contribution in [-0.2, 0) is 12.8 Å². The maximum atomic E-state index is 4.74. The number of hydrogen-bond donors (Lipinski definition) is 1. The van der Waals surface area contributed by atoms with E-state index in [9.17, 15) is 0 Å². The lowest BCUT2D eigenvalue weighted by Gasteiger charge is -1.99. The van der Waals surface area contributed by atoms with Gasteiger partial charge < -0.3 is 5.32 Å². The van der Waals surface area contributed by atoms with Gasteiger partial charge in [0, 0.05) is 11.9 Å². The van der Waals surface area contributed by atoms with Gasteiger partial charge >= 0.3 is 0 Å². The van der Waals surface area contributed by atoms with Crippen LogP contribution in [0.1, 0.15) is 50.7 Å². The molecule has 0 aliphatic rings.